The van der Waals surface area contributed by atoms with Gasteiger partial charge in [0, 0.05) is 26.2 Å². The maximum atomic E-state index is 13.5. The predicted octanol–water partition coefficient (Wildman–Crippen LogP) is 0.685. The van der Waals surface area contributed by atoms with Crippen molar-refractivity contribution < 1.29 is 27.2 Å². The van der Waals surface area contributed by atoms with Crippen LogP contribution < -0.4 is 20.8 Å². The number of carbonyl (C=O) groups is 1. The first-order valence-electron chi connectivity index (χ1n) is 10.6. The molecular weight excluding hydrogens is 474 g/mol. The minimum atomic E-state index is -5.25. The average molecular weight is 495 g/mol. The molecule has 1 fully saturated rings. The molecule has 0 amide bonds. The van der Waals surface area contributed by atoms with Gasteiger partial charge in [-0.1, -0.05) is 12.0 Å². The molecule has 0 radical (unpaired) electrons. The SMILES string of the molecule is CC#CCN1c2c(cnn(Cc3cccc(F)n3)c2=O)N(OC(=O)C(F)(F)F)C1N1CCNCC1. The molecule has 4 rings (SSSR count). The normalized spacial score (nSPS) is 18.1. The number of carbonyl (C=O) groups excluding carboxylic acids is 1. The van der Waals surface area contributed by atoms with E-state index < -0.39 is 29.9 Å². The molecule has 4 heterocycles. The van der Waals surface area contributed by atoms with Gasteiger partial charge in [0.25, 0.3) is 5.56 Å². The highest BCUT2D eigenvalue weighted by Gasteiger charge is 2.49. The van der Waals surface area contributed by atoms with E-state index in [0.717, 1.165) is 22.0 Å². The molecule has 0 spiro atoms. The van der Waals surface area contributed by atoms with Crippen molar-refractivity contribution in [2.45, 2.75) is 25.9 Å². The monoisotopic (exact) mass is 495 g/mol. The lowest BCUT2D eigenvalue weighted by atomic mass is 10.3. The average Bonchev–Trinajstić information content (AvgIpc) is 3.13. The Morgan fingerprint density at radius 1 is 1.29 bits per heavy atom. The van der Waals surface area contributed by atoms with Gasteiger partial charge in [-0.25, -0.2) is 14.5 Å². The van der Waals surface area contributed by atoms with Gasteiger partial charge in [-0.2, -0.15) is 27.7 Å². The molecule has 14 heteroatoms. The van der Waals surface area contributed by atoms with Crippen LogP contribution in [-0.4, -0.2) is 70.8 Å². The third-order valence-corrected chi connectivity index (χ3v) is 5.41. The summed E-state index contributed by atoms with van der Waals surface area (Å²) in [5, 5.41) is 7.92. The highest BCUT2D eigenvalue weighted by Crippen LogP contribution is 2.38. The number of hydrogen-bond acceptors (Lipinski definition) is 9. The van der Waals surface area contributed by atoms with Crippen molar-refractivity contribution in [2.24, 2.45) is 0 Å². The minimum absolute atomic E-state index is 0.0321. The summed E-state index contributed by atoms with van der Waals surface area (Å²) in [4.78, 5) is 37.0. The van der Waals surface area contributed by atoms with Crippen molar-refractivity contribution in [1.82, 2.24) is 25.0 Å². The summed E-state index contributed by atoms with van der Waals surface area (Å²) in [6.07, 6.45) is -5.18. The molecule has 0 aromatic carbocycles. The van der Waals surface area contributed by atoms with Crippen molar-refractivity contribution in [1.29, 1.82) is 0 Å². The number of hydrogen-bond donors (Lipinski definition) is 1. The predicted molar refractivity (Wildman–Crippen MR) is 115 cm³/mol. The van der Waals surface area contributed by atoms with Crippen LogP contribution in [0.2, 0.25) is 0 Å². The number of aromatic nitrogens is 3. The maximum Gasteiger partial charge on any atom is 0.493 e. The van der Waals surface area contributed by atoms with E-state index in [2.05, 4.69) is 27.2 Å². The van der Waals surface area contributed by atoms with E-state index in [1.807, 2.05) is 0 Å². The van der Waals surface area contributed by atoms with Gasteiger partial charge < -0.3 is 15.1 Å². The molecule has 0 saturated carbocycles. The number of nitrogens with one attached hydrogen (secondary N) is 1. The zero-order valence-electron chi connectivity index (χ0n) is 18.5. The van der Waals surface area contributed by atoms with E-state index in [1.165, 1.54) is 17.0 Å². The molecule has 2 aromatic heterocycles. The van der Waals surface area contributed by atoms with Gasteiger partial charge in [0.15, 0.2) is 6.29 Å². The van der Waals surface area contributed by atoms with E-state index >= 15 is 0 Å². The minimum Gasteiger partial charge on any atom is -0.329 e. The summed E-state index contributed by atoms with van der Waals surface area (Å²) >= 11 is 0. The number of hydroxylamine groups is 1. The molecule has 186 valence electrons. The number of pyridine rings is 1. The van der Waals surface area contributed by atoms with Gasteiger partial charge in [0.1, 0.15) is 11.4 Å². The van der Waals surface area contributed by atoms with Crippen LogP contribution >= 0.6 is 0 Å². The van der Waals surface area contributed by atoms with Gasteiger partial charge >= 0.3 is 12.1 Å². The number of piperazine rings is 1. The van der Waals surface area contributed by atoms with Crippen LogP contribution in [0.15, 0.2) is 29.2 Å². The summed E-state index contributed by atoms with van der Waals surface area (Å²) in [5.74, 6) is 2.36. The van der Waals surface area contributed by atoms with E-state index in [9.17, 15) is 27.2 Å². The molecule has 2 aliphatic heterocycles. The molecule has 35 heavy (non-hydrogen) atoms. The van der Waals surface area contributed by atoms with Crippen molar-refractivity contribution in [3.63, 3.8) is 0 Å². The zero-order chi connectivity index (χ0) is 25.2. The molecule has 1 atom stereocenters. The maximum absolute atomic E-state index is 13.5. The fourth-order valence-corrected chi connectivity index (χ4v) is 3.89. The molecule has 0 bridgehead atoms. The fourth-order valence-electron chi connectivity index (χ4n) is 3.89. The van der Waals surface area contributed by atoms with Crippen LogP contribution in [0.25, 0.3) is 0 Å². The number of alkyl halides is 3. The first-order valence-corrected chi connectivity index (χ1v) is 10.6. The molecular formula is C21H21F4N7O3. The van der Waals surface area contributed by atoms with Gasteiger partial charge in [-0.15, -0.1) is 5.92 Å². The highest BCUT2D eigenvalue weighted by atomic mass is 19.4. The first kappa shape index (κ1) is 24.4. The summed E-state index contributed by atoms with van der Waals surface area (Å²) in [6.45, 7) is 3.25. The fraction of sp³-hybridized carbons (Fsp3) is 0.429. The summed E-state index contributed by atoms with van der Waals surface area (Å²) < 4.78 is 53.8. The molecule has 0 aliphatic carbocycles. The van der Waals surface area contributed by atoms with Crippen molar-refractivity contribution in [3.05, 3.63) is 46.4 Å². The lowest BCUT2D eigenvalue weighted by Gasteiger charge is -2.40. The molecule has 10 nitrogen and oxygen atoms in total. The first-order chi connectivity index (χ1) is 16.7. The third kappa shape index (κ3) is 5.05. The molecule has 1 saturated heterocycles. The number of anilines is 2. The van der Waals surface area contributed by atoms with Crippen LogP contribution in [0.4, 0.5) is 28.9 Å². The molecule has 2 aromatic rings. The van der Waals surface area contributed by atoms with Crippen LogP contribution in [0.5, 0.6) is 0 Å². The Morgan fingerprint density at radius 3 is 2.69 bits per heavy atom. The third-order valence-electron chi connectivity index (χ3n) is 5.41. The van der Waals surface area contributed by atoms with E-state index in [-0.39, 0.29) is 30.2 Å². The summed E-state index contributed by atoms with van der Waals surface area (Å²) in [5.41, 5.74) is -0.622. The largest absolute Gasteiger partial charge is 0.493 e. The van der Waals surface area contributed by atoms with Gasteiger partial charge in [-0.05, 0) is 19.1 Å². The Morgan fingerprint density at radius 2 is 2.03 bits per heavy atom. The van der Waals surface area contributed by atoms with Crippen LogP contribution in [-0.2, 0) is 16.2 Å². The van der Waals surface area contributed by atoms with Crippen LogP contribution in [0.1, 0.15) is 12.6 Å². The zero-order valence-corrected chi connectivity index (χ0v) is 18.5. The number of fused-ring (bicyclic) bond motifs is 1. The second kappa shape index (κ2) is 9.88. The Balaban J connectivity index is 1.80. The van der Waals surface area contributed by atoms with Crippen LogP contribution in [0.3, 0.4) is 0 Å². The van der Waals surface area contributed by atoms with E-state index in [4.69, 9.17) is 4.84 Å². The Kier molecular flexibility index (Phi) is 6.90. The molecule has 2 aliphatic rings. The summed E-state index contributed by atoms with van der Waals surface area (Å²) in [6, 6.07) is 4.09. The Bertz CT molecular complexity index is 1220. The van der Waals surface area contributed by atoms with Crippen molar-refractivity contribution >= 4 is 17.3 Å². The Labute approximate surface area is 197 Å². The van der Waals surface area contributed by atoms with Gasteiger partial charge in [0.05, 0.1) is 25.0 Å². The second-order valence-electron chi connectivity index (χ2n) is 7.68. The Hall–Kier alpha value is -3.70. The number of rotatable bonds is 5. The van der Waals surface area contributed by atoms with Crippen molar-refractivity contribution in [2.75, 3.05) is 42.7 Å². The standard InChI is InChI=1S/C21H21F4N7O3/c1-2-3-9-30-17-15(12-27-31(18(17)33)13-14-5-4-6-16(22)28-14)32(35-19(34)21(23,24)25)20(30)29-10-7-26-8-11-29/h4-6,12,20,26H,7-11,13H2,1H3. The second-order valence-corrected chi connectivity index (χ2v) is 7.68. The molecule has 1 unspecified atom stereocenters. The van der Waals surface area contributed by atoms with E-state index in [0.29, 0.717) is 26.2 Å². The number of nitrogens with zero attached hydrogens (tertiary/aromatic N) is 6. The molecule has 1 N–H and O–H groups in total. The number of halogens is 4. The van der Waals surface area contributed by atoms with Gasteiger partial charge in [0.2, 0.25) is 5.95 Å². The lowest BCUT2D eigenvalue weighted by molar-refractivity contribution is -0.203. The highest BCUT2D eigenvalue weighted by molar-refractivity contribution is 5.81. The summed E-state index contributed by atoms with van der Waals surface area (Å²) in [7, 11) is 0. The topological polar surface area (TPSA) is 95.8 Å². The van der Waals surface area contributed by atoms with E-state index in [1.54, 1.807) is 11.8 Å². The smallest absolute Gasteiger partial charge is 0.329 e. The quantitative estimate of drug-likeness (QED) is 0.365. The lowest BCUT2D eigenvalue weighted by Crippen LogP contribution is -2.61. The van der Waals surface area contributed by atoms with Gasteiger partial charge in [-0.3, -0.25) is 9.69 Å². The van der Waals surface area contributed by atoms with Crippen LogP contribution in [0, 0.1) is 17.8 Å². The van der Waals surface area contributed by atoms with Crippen molar-refractivity contribution in [3.8, 4) is 11.8 Å².